The molecule has 0 saturated heterocycles. The first-order valence-corrected chi connectivity index (χ1v) is 10.1. The summed E-state index contributed by atoms with van der Waals surface area (Å²) in [4.78, 5) is 18.4. The Morgan fingerprint density at radius 2 is 1.64 bits per heavy atom. The lowest BCUT2D eigenvalue weighted by molar-refractivity contribution is -0.143. The van der Waals surface area contributed by atoms with Gasteiger partial charge in [-0.05, 0) is 18.4 Å². The van der Waals surface area contributed by atoms with Crippen molar-refractivity contribution in [1.29, 1.82) is 0 Å². The van der Waals surface area contributed by atoms with Crippen LogP contribution in [0.4, 0.5) is 0 Å². The maximum absolute atomic E-state index is 12.4. The Balaban J connectivity index is 1.97. The Bertz CT molecular complexity index is 1050. The predicted octanol–water partition coefficient (Wildman–Crippen LogP) is 5.51. The van der Waals surface area contributed by atoms with Crippen LogP contribution in [-0.4, -0.2) is 22.1 Å². The first-order chi connectivity index (χ1) is 13.8. The molecular formula is C23H20N2O2S. The van der Waals surface area contributed by atoms with Gasteiger partial charge < -0.3 is 9.30 Å². The number of hydrogen-bond donors (Lipinski definition) is 0. The summed E-state index contributed by atoms with van der Waals surface area (Å²) in [6.07, 6.45) is 0. The van der Waals surface area contributed by atoms with Crippen LogP contribution in [0.2, 0.25) is 0 Å². The lowest BCUT2D eigenvalue weighted by atomic mass is 10.0. The molecular weight excluding hydrogens is 368 g/mol. The van der Waals surface area contributed by atoms with Crippen LogP contribution < -0.4 is 0 Å². The second-order valence-electron chi connectivity index (χ2n) is 6.23. The van der Waals surface area contributed by atoms with Gasteiger partial charge in [-0.2, -0.15) is 0 Å². The molecule has 0 radical (unpaired) electrons. The summed E-state index contributed by atoms with van der Waals surface area (Å²) in [6, 6.07) is 24.2. The predicted molar refractivity (Wildman–Crippen MR) is 113 cm³/mol. The fourth-order valence-corrected chi connectivity index (χ4v) is 3.94. The van der Waals surface area contributed by atoms with Crippen LogP contribution >= 0.6 is 11.3 Å². The summed E-state index contributed by atoms with van der Waals surface area (Å²) in [6.45, 7) is 2.29. The number of rotatable bonds is 6. The van der Waals surface area contributed by atoms with Gasteiger partial charge >= 0.3 is 5.97 Å². The number of esters is 1. The van der Waals surface area contributed by atoms with E-state index < -0.39 is 0 Å². The van der Waals surface area contributed by atoms with E-state index in [4.69, 9.17) is 9.72 Å². The maximum Gasteiger partial charge on any atom is 0.326 e. The van der Waals surface area contributed by atoms with Gasteiger partial charge in [0.1, 0.15) is 6.54 Å². The highest BCUT2D eigenvalue weighted by Gasteiger charge is 2.23. The fourth-order valence-electron chi connectivity index (χ4n) is 3.22. The Hall–Kier alpha value is -3.18. The van der Waals surface area contributed by atoms with Crippen molar-refractivity contribution in [2.75, 3.05) is 6.61 Å². The van der Waals surface area contributed by atoms with Crippen LogP contribution in [0.1, 0.15) is 6.92 Å². The Kier molecular flexibility index (Phi) is 5.35. The van der Waals surface area contributed by atoms with Crippen LogP contribution in [0.25, 0.3) is 33.2 Å². The van der Waals surface area contributed by atoms with Gasteiger partial charge in [-0.25, -0.2) is 4.98 Å². The molecule has 0 aliphatic carbocycles. The standard InChI is InChI=1S/C23H20N2O2S/c1-2-27-20(26)16-25-22(18-12-7-4-8-13-18)21(17-10-5-3-6-11-17)24-23(25)19-14-9-15-28-19/h3-15H,2,16H2,1H3. The number of aromatic nitrogens is 2. The van der Waals surface area contributed by atoms with Gasteiger partial charge in [-0.3, -0.25) is 4.79 Å². The van der Waals surface area contributed by atoms with Crippen molar-refractivity contribution in [3.63, 3.8) is 0 Å². The van der Waals surface area contributed by atoms with Crippen molar-refractivity contribution in [2.45, 2.75) is 13.5 Å². The Labute approximate surface area is 168 Å². The van der Waals surface area contributed by atoms with Crippen LogP contribution in [0, 0.1) is 0 Å². The normalized spacial score (nSPS) is 10.8. The monoisotopic (exact) mass is 388 g/mol. The van der Waals surface area contributed by atoms with E-state index in [1.54, 1.807) is 11.3 Å². The molecule has 0 atom stereocenters. The first kappa shape index (κ1) is 18.2. The molecule has 4 aromatic rings. The molecule has 0 aliphatic rings. The van der Waals surface area contributed by atoms with Gasteiger partial charge in [0, 0.05) is 11.1 Å². The number of benzene rings is 2. The molecule has 0 fully saturated rings. The van der Waals surface area contributed by atoms with Crippen molar-refractivity contribution in [3.8, 4) is 33.2 Å². The number of thiophene rings is 1. The summed E-state index contributed by atoms with van der Waals surface area (Å²) in [5.41, 5.74) is 3.81. The van der Waals surface area contributed by atoms with Gasteiger partial charge in [-0.1, -0.05) is 66.7 Å². The minimum Gasteiger partial charge on any atom is -0.465 e. The van der Waals surface area contributed by atoms with Crippen molar-refractivity contribution in [3.05, 3.63) is 78.2 Å². The van der Waals surface area contributed by atoms with Crippen molar-refractivity contribution >= 4 is 17.3 Å². The molecule has 2 heterocycles. The Morgan fingerprint density at radius 1 is 0.964 bits per heavy atom. The molecule has 2 aromatic heterocycles. The van der Waals surface area contributed by atoms with Gasteiger partial charge in [-0.15, -0.1) is 11.3 Å². The molecule has 28 heavy (non-hydrogen) atoms. The molecule has 0 unspecified atom stereocenters. The van der Waals surface area contributed by atoms with Gasteiger partial charge in [0.25, 0.3) is 0 Å². The smallest absolute Gasteiger partial charge is 0.326 e. The second kappa shape index (κ2) is 8.23. The minimum absolute atomic E-state index is 0.116. The van der Waals surface area contributed by atoms with Crippen molar-refractivity contribution < 1.29 is 9.53 Å². The molecule has 4 rings (SSSR count). The number of nitrogens with zero attached hydrogens (tertiary/aromatic N) is 2. The highest BCUT2D eigenvalue weighted by atomic mass is 32.1. The highest BCUT2D eigenvalue weighted by Crippen LogP contribution is 2.37. The lowest BCUT2D eigenvalue weighted by Crippen LogP contribution is -2.15. The SMILES string of the molecule is CCOC(=O)Cn1c(-c2cccs2)nc(-c2ccccc2)c1-c1ccccc1. The zero-order chi connectivity index (χ0) is 19.3. The van der Waals surface area contributed by atoms with E-state index in [1.165, 1.54) is 0 Å². The van der Waals surface area contributed by atoms with E-state index >= 15 is 0 Å². The van der Waals surface area contributed by atoms with Crippen LogP contribution in [0.5, 0.6) is 0 Å². The number of carbonyl (C=O) groups excluding carboxylic acids is 1. The van der Waals surface area contributed by atoms with E-state index in [1.807, 2.05) is 89.7 Å². The van der Waals surface area contributed by atoms with Crippen LogP contribution in [0.3, 0.4) is 0 Å². The maximum atomic E-state index is 12.4. The van der Waals surface area contributed by atoms with Gasteiger partial charge in [0.2, 0.25) is 0 Å². The Morgan fingerprint density at radius 3 is 2.25 bits per heavy atom. The summed E-state index contributed by atoms with van der Waals surface area (Å²) >= 11 is 1.61. The van der Waals surface area contributed by atoms with E-state index in [0.29, 0.717) is 6.61 Å². The molecule has 0 bridgehead atoms. The third-order valence-corrected chi connectivity index (χ3v) is 5.26. The summed E-state index contributed by atoms with van der Waals surface area (Å²) in [5, 5.41) is 2.02. The summed E-state index contributed by atoms with van der Waals surface area (Å²) in [5.74, 6) is 0.509. The van der Waals surface area contributed by atoms with E-state index in [2.05, 4.69) is 0 Å². The quantitative estimate of drug-likeness (QED) is 0.409. The third-order valence-electron chi connectivity index (χ3n) is 4.40. The minimum atomic E-state index is -0.269. The molecule has 0 saturated carbocycles. The molecule has 0 aliphatic heterocycles. The van der Waals surface area contributed by atoms with Gasteiger partial charge in [0.05, 0.1) is 22.9 Å². The molecule has 4 nitrogen and oxygen atoms in total. The molecule has 5 heteroatoms. The first-order valence-electron chi connectivity index (χ1n) is 9.18. The van der Waals surface area contributed by atoms with E-state index in [-0.39, 0.29) is 12.5 Å². The lowest BCUT2D eigenvalue weighted by Gasteiger charge is -2.12. The average molecular weight is 388 g/mol. The molecule has 2 aromatic carbocycles. The van der Waals surface area contributed by atoms with Crippen molar-refractivity contribution in [2.24, 2.45) is 0 Å². The average Bonchev–Trinajstić information content (AvgIpc) is 3.37. The van der Waals surface area contributed by atoms with E-state index in [0.717, 1.165) is 33.2 Å². The number of ether oxygens (including phenoxy) is 1. The largest absolute Gasteiger partial charge is 0.465 e. The van der Waals surface area contributed by atoms with Crippen LogP contribution in [-0.2, 0) is 16.1 Å². The van der Waals surface area contributed by atoms with Crippen LogP contribution in [0.15, 0.2) is 78.2 Å². The topological polar surface area (TPSA) is 44.1 Å². The fraction of sp³-hybridized carbons (Fsp3) is 0.130. The molecule has 0 amide bonds. The molecule has 140 valence electrons. The number of hydrogen-bond acceptors (Lipinski definition) is 4. The van der Waals surface area contributed by atoms with Gasteiger partial charge in [0.15, 0.2) is 5.82 Å². The molecule has 0 N–H and O–H groups in total. The number of imidazole rings is 1. The van der Waals surface area contributed by atoms with Crippen molar-refractivity contribution in [1.82, 2.24) is 9.55 Å². The zero-order valence-corrected chi connectivity index (χ0v) is 16.4. The number of carbonyl (C=O) groups is 1. The second-order valence-corrected chi connectivity index (χ2v) is 7.18. The highest BCUT2D eigenvalue weighted by molar-refractivity contribution is 7.13. The molecule has 0 spiro atoms. The summed E-state index contributed by atoms with van der Waals surface area (Å²) in [7, 11) is 0. The zero-order valence-electron chi connectivity index (χ0n) is 15.5. The summed E-state index contributed by atoms with van der Waals surface area (Å²) < 4.78 is 7.21. The third kappa shape index (κ3) is 3.62. The van der Waals surface area contributed by atoms with E-state index in [9.17, 15) is 4.79 Å².